The number of ether oxygens (including phenoxy) is 1. The smallest absolute Gasteiger partial charge is 0.307 e. The summed E-state index contributed by atoms with van der Waals surface area (Å²) in [4.78, 5) is 26.4. The van der Waals surface area contributed by atoms with Crippen LogP contribution in [0.5, 0.6) is 0 Å². The maximum atomic E-state index is 12.4. The van der Waals surface area contributed by atoms with Gasteiger partial charge in [-0.1, -0.05) is 0 Å². The summed E-state index contributed by atoms with van der Waals surface area (Å²) in [5, 5.41) is 1.97. The van der Waals surface area contributed by atoms with Gasteiger partial charge in [0.05, 0.1) is 19.1 Å². The van der Waals surface area contributed by atoms with Crippen LogP contribution in [0.2, 0.25) is 0 Å². The van der Waals surface area contributed by atoms with Gasteiger partial charge < -0.3 is 9.64 Å². The minimum absolute atomic E-state index is 0.0169. The van der Waals surface area contributed by atoms with Crippen molar-refractivity contribution in [3.8, 4) is 0 Å². The highest BCUT2D eigenvalue weighted by atomic mass is 32.1. The van der Waals surface area contributed by atoms with E-state index in [4.69, 9.17) is 0 Å². The van der Waals surface area contributed by atoms with E-state index in [0.717, 1.165) is 24.8 Å². The molecule has 4 nitrogen and oxygen atoms in total. The summed E-state index contributed by atoms with van der Waals surface area (Å²) in [7, 11) is 3.09. The van der Waals surface area contributed by atoms with Gasteiger partial charge in [0, 0.05) is 23.8 Å². The lowest BCUT2D eigenvalue weighted by Gasteiger charge is -2.18. The molecular formula is C14H19NO3S. The molecule has 5 heteroatoms. The number of aryl methyl sites for hydroxylation is 1. The lowest BCUT2D eigenvalue weighted by Crippen LogP contribution is -2.29. The molecule has 0 saturated carbocycles. The minimum atomic E-state index is -0.285. The summed E-state index contributed by atoms with van der Waals surface area (Å²) in [5.41, 5.74) is 2.05. The summed E-state index contributed by atoms with van der Waals surface area (Å²) >= 11 is 1.69. The molecule has 0 bridgehead atoms. The molecule has 1 aliphatic rings. The van der Waals surface area contributed by atoms with E-state index in [0.29, 0.717) is 6.54 Å². The number of esters is 1. The Morgan fingerprint density at radius 2 is 2.11 bits per heavy atom. The second-order valence-corrected chi connectivity index (χ2v) is 5.78. The van der Waals surface area contributed by atoms with Crippen molar-refractivity contribution in [3.63, 3.8) is 0 Å². The van der Waals surface area contributed by atoms with Crippen LogP contribution in [0.1, 0.15) is 40.1 Å². The van der Waals surface area contributed by atoms with Gasteiger partial charge in [0.2, 0.25) is 0 Å². The van der Waals surface area contributed by atoms with E-state index in [9.17, 15) is 9.59 Å². The first kappa shape index (κ1) is 14.1. The van der Waals surface area contributed by atoms with Crippen LogP contribution in [0.4, 0.5) is 0 Å². The summed E-state index contributed by atoms with van der Waals surface area (Å²) in [6, 6.07) is 0. The summed E-state index contributed by atoms with van der Waals surface area (Å²) in [6.45, 7) is 0.399. The van der Waals surface area contributed by atoms with Crippen LogP contribution in [-0.4, -0.2) is 37.5 Å². The molecule has 0 spiro atoms. The lowest BCUT2D eigenvalue weighted by atomic mass is 9.95. The zero-order valence-electron chi connectivity index (χ0n) is 11.4. The molecular weight excluding hydrogens is 262 g/mol. The van der Waals surface area contributed by atoms with Gasteiger partial charge in [-0.15, -0.1) is 11.3 Å². The number of methoxy groups -OCH3 is 1. The standard InChI is InChI=1S/C14H19NO3S/c1-15(8-7-13(16)18-2)14(17)11-9-19-12-6-4-3-5-10(11)12/h9H,3-8H2,1-2H3. The first-order valence-corrected chi connectivity index (χ1v) is 7.43. The van der Waals surface area contributed by atoms with Crippen LogP contribution >= 0.6 is 11.3 Å². The summed E-state index contributed by atoms with van der Waals surface area (Å²) in [6.07, 6.45) is 4.73. The van der Waals surface area contributed by atoms with E-state index in [1.807, 2.05) is 5.38 Å². The number of rotatable bonds is 4. The molecule has 1 heterocycles. The van der Waals surface area contributed by atoms with Gasteiger partial charge in [0.25, 0.3) is 5.91 Å². The largest absolute Gasteiger partial charge is 0.469 e. The Balaban J connectivity index is 2.03. The number of thiophene rings is 1. The second kappa shape index (κ2) is 6.19. The molecule has 104 valence electrons. The molecule has 1 aliphatic carbocycles. The van der Waals surface area contributed by atoms with E-state index in [1.165, 1.54) is 24.0 Å². The average Bonchev–Trinajstić information content (AvgIpc) is 2.87. The Morgan fingerprint density at radius 1 is 1.37 bits per heavy atom. The van der Waals surface area contributed by atoms with Crippen LogP contribution in [0.25, 0.3) is 0 Å². The van der Waals surface area contributed by atoms with Gasteiger partial charge in [0.15, 0.2) is 0 Å². The number of hydrogen-bond acceptors (Lipinski definition) is 4. The van der Waals surface area contributed by atoms with Crippen molar-refractivity contribution in [3.05, 3.63) is 21.4 Å². The van der Waals surface area contributed by atoms with Gasteiger partial charge in [-0.3, -0.25) is 9.59 Å². The SMILES string of the molecule is COC(=O)CCN(C)C(=O)c1csc2c1CCCC2. The van der Waals surface area contributed by atoms with Gasteiger partial charge in [-0.05, 0) is 31.2 Å². The number of nitrogens with zero attached hydrogens (tertiary/aromatic N) is 1. The van der Waals surface area contributed by atoms with Crippen LogP contribution in [0, 0.1) is 0 Å². The van der Waals surface area contributed by atoms with Crippen LogP contribution in [0.15, 0.2) is 5.38 Å². The normalized spacial score (nSPS) is 13.8. The fourth-order valence-electron chi connectivity index (χ4n) is 2.34. The highest BCUT2D eigenvalue weighted by Gasteiger charge is 2.22. The Kier molecular flexibility index (Phi) is 4.58. The summed E-state index contributed by atoms with van der Waals surface area (Å²) in [5.74, 6) is -0.268. The fourth-order valence-corrected chi connectivity index (χ4v) is 3.46. The number of fused-ring (bicyclic) bond motifs is 1. The molecule has 1 amide bonds. The molecule has 0 saturated heterocycles. The number of carbonyl (C=O) groups is 2. The Bertz CT molecular complexity index is 481. The predicted molar refractivity (Wildman–Crippen MR) is 74.6 cm³/mol. The van der Waals surface area contributed by atoms with Crippen molar-refractivity contribution in [1.29, 1.82) is 0 Å². The minimum Gasteiger partial charge on any atom is -0.469 e. The quantitative estimate of drug-likeness (QED) is 0.795. The Morgan fingerprint density at radius 3 is 2.84 bits per heavy atom. The lowest BCUT2D eigenvalue weighted by molar-refractivity contribution is -0.140. The van der Waals surface area contributed by atoms with Crippen molar-refractivity contribution in [2.24, 2.45) is 0 Å². The molecule has 19 heavy (non-hydrogen) atoms. The third-order valence-electron chi connectivity index (χ3n) is 3.52. The summed E-state index contributed by atoms with van der Waals surface area (Å²) < 4.78 is 4.59. The molecule has 0 N–H and O–H groups in total. The van der Waals surface area contributed by atoms with Gasteiger partial charge in [0.1, 0.15) is 0 Å². The van der Waals surface area contributed by atoms with Crippen molar-refractivity contribution in [2.75, 3.05) is 20.7 Å². The van der Waals surface area contributed by atoms with Crippen molar-refractivity contribution >= 4 is 23.2 Å². The molecule has 0 radical (unpaired) electrons. The second-order valence-electron chi connectivity index (χ2n) is 4.81. The molecule has 0 fully saturated rings. The zero-order valence-corrected chi connectivity index (χ0v) is 12.2. The van der Waals surface area contributed by atoms with E-state index < -0.39 is 0 Å². The monoisotopic (exact) mass is 281 g/mol. The van der Waals surface area contributed by atoms with Crippen LogP contribution in [0.3, 0.4) is 0 Å². The van der Waals surface area contributed by atoms with Crippen molar-refractivity contribution in [1.82, 2.24) is 4.90 Å². The molecule has 2 rings (SSSR count). The Labute approximate surface area is 117 Å². The highest BCUT2D eigenvalue weighted by Crippen LogP contribution is 2.30. The maximum Gasteiger partial charge on any atom is 0.307 e. The number of hydrogen-bond donors (Lipinski definition) is 0. The first-order valence-electron chi connectivity index (χ1n) is 6.55. The van der Waals surface area contributed by atoms with E-state index in [1.54, 1.807) is 23.3 Å². The zero-order chi connectivity index (χ0) is 13.8. The molecule has 0 atom stereocenters. The molecule has 0 unspecified atom stereocenters. The van der Waals surface area contributed by atoms with Crippen LogP contribution < -0.4 is 0 Å². The average molecular weight is 281 g/mol. The van der Waals surface area contributed by atoms with E-state index >= 15 is 0 Å². The van der Waals surface area contributed by atoms with E-state index in [-0.39, 0.29) is 18.3 Å². The van der Waals surface area contributed by atoms with Crippen molar-refractivity contribution < 1.29 is 14.3 Å². The number of amides is 1. The molecule has 0 aromatic carbocycles. The maximum absolute atomic E-state index is 12.4. The highest BCUT2D eigenvalue weighted by molar-refractivity contribution is 7.10. The molecule has 1 aromatic rings. The van der Waals surface area contributed by atoms with E-state index in [2.05, 4.69) is 4.74 Å². The molecule has 1 aromatic heterocycles. The third kappa shape index (κ3) is 3.15. The topological polar surface area (TPSA) is 46.6 Å². The van der Waals surface area contributed by atoms with Gasteiger partial charge in [-0.25, -0.2) is 0 Å². The van der Waals surface area contributed by atoms with Gasteiger partial charge >= 0.3 is 5.97 Å². The van der Waals surface area contributed by atoms with Crippen molar-refractivity contribution in [2.45, 2.75) is 32.1 Å². The molecule has 0 aliphatic heterocycles. The Hall–Kier alpha value is -1.36. The fraction of sp³-hybridized carbons (Fsp3) is 0.571. The third-order valence-corrected chi connectivity index (χ3v) is 4.61. The van der Waals surface area contributed by atoms with Crippen LogP contribution in [-0.2, 0) is 22.4 Å². The van der Waals surface area contributed by atoms with Gasteiger partial charge in [-0.2, -0.15) is 0 Å². The predicted octanol–water partition coefficient (Wildman–Crippen LogP) is 2.26. The first-order chi connectivity index (χ1) is 9.13. The number of carbonyl (C=O) groups excluding carboxylic acids is 2.